The lowest BCUT2D eigenvalue weighted by Crippen LogP contribution is -2.36. The summed E-state index contributed by atoms with van der Waals surface area (Å²) in [5.74, 6) is 0. The Balaban J connectivity index is 1.96. The van der Waals surface area contributed by atoms with Crippen LogP contribution in [-0.2, 0) is 30.0 Å². The molecule has 0 bridgehead atoms. The van der Waals surface area contributed by atoms with E-state index >= 15 is 0 Å². The third-order valence-corrected chi connectivity index (χ3v) is 5.65. The van der Waals surface area contributed by atoms with E-state index in [4.69, 9.17) is 0 Å². The minimum atomic E-state index is -3.42. The standard InChI is InChI=1S/C14H17N3O2S/c1-11-13-8-9-17(10-14(13)16(2)15-11)20(18,19)12-6-4-3-5-7-12/h3-7H,8-10H2,1-2H3. The van der Waals surface area contributed by atoms with Crippen molar-refractivity contribution < 1.29 is 8.42 Å². The van der Waals surface area contributed by atoms with Crippen LogP contribution in [-0.4, -0.2) is 29.0 Å². The van der Waals surface area contributed by atoms with Gasteiger partial charge in [-0.3, -0.25) is 4.68 Å². The molecule has 0 spiro atoms. The SMILES string of the molecule is Cc1nn(C)c2c1CCN(S(=O)(=O)c1ccccc1)C2. The van der Waals surface area contributed by atoms with Crippen LogP contribution in [0.25, 0.3) is 0 Å². The quantitative estimate of drug-likeness (QED) is 0.842. The fraction of sp³-hybridized carbons (Fsp3) is 0.357. The van der Waals surface area contributed by atoms with Crippen LogP contribution in [0.5, 0.6) is 0 Å². The molecule has 0 atom stereocenters. The molecule has 2 heterocycles. The first-order valence-electron chi connectivity index (χ1n) is 6.56. The molecule has 0 saturated carbocycles. The Hall–Kier alpha value is -1.66. The highest BCUT2D eigenvalue weighted by Gasteiger charge is 2.30. The summed E-state index contributed by atoms with van der Waals surface area (Å²) in [6, 6.07) is 8.59. The van der Waals surface area contributed by atoms with Gasteiger partial charge in [0.2, 0.25) is 10.0 Å². The first kappa shape index (κ1) is 13.3. The van der Waals surface area contributed by atoms with Gasteiger partial charge in [0.05, 0.1) is 22.8 Å². The number of sulfonamides is 1. The van der Waals surface area contributed by atoms with E-state index in [0.717, 1.165) is 17.8 Å². The maximum atomic E-state index is 12.6. The lowest BCUT2D eigenvalue weighted by molar-refractivity contribution is 0.379. The Morgan fingerprint density at radius 3 is 2.60 bits per heavy atom. The highest BCUT2D eigenvalue weighted by atomic mass is 32.2. The minimum absolute atomic E-state index is 0.349. The van der Waals surface area contributed by atoms with E-state index in [1.165, 1.54) is 9.87 Å². The topological polar surface area (TPSA) is 55.2 Å². The van der Waals surface area contributed by atoms with Gasteiger partial charge in [-0.1, -0.05) is 18.2 Å². The summed E-state index contributed by atoms with van der Waals surface area (Å²) in [5.41, 5.74) is 3.18. The van der Waals surface area contributed by atoms with Crippen LogP contribution >= 0.6 is 0 Å². The second-order valence-electron chi connectivity index (χ2n) is 5.04. The molecule has 1 aromatic heterocycles. The van der Waals surface area contributed by atoms with Gasteiger partial charge in [0.25, 0.3) is 0 Å². The molecule has 0 fully saturated rings. The fourth-order valence-electron chi connectivity index (χ4n) is 2.70. The largest absolute Gasteiger partial charge is 0.271 e. The first-order chi connectivity index (χ1) is 9.50. The Labute approximate surface area is 118 Å². The summed E-state index contributed by atoms with van der Waals surface area (Å²) in [5, 5.41) is 4.38. The number of benzene rings is 1. The van der Waals surface area contributed by atoms with Gasteiger partial charge in [0, 0.05) is 13.6 Å². The molecule has 0 saturated heterocycles. The van der Waals surface area contributed by atoms with Crippen LogP contribution in [0.3, 0.4) is 0 Å². The van der Waals surface area contributed by atoms with Gasteiger partial charge in [-0.25, -0.2) is 8.42 Å². The van der Waals surface area contributed by atoms with Crippen molar-refractivity contribution in [1.29, 1.82) is 0 Å². The highest BCUT2D eigenvalue weighted by Crippen LogP contribution is 2.26. The van der Waals surface area contributed by atoms with Gasteiger partial charge >= 0.3 is 0 Å². The summed E-state index contributed by atoms with van der Waals surface area (Å²) in [6.07, 6.45) is 0.723. The number of hydrogen-bond donors (Lipinski definition) is 0. The van der Waals surface area contributed by atoms with Crippen LogP contribution in [0.2, 0.25) is 0 Å². The van der Waals surface area contributed by atoms with Crippen LogP contribution in [0.4, 0.5) is 0 Å². The van der Waals surface area contributed by atoms with Crippen molar-refractivity contribution in [2.45, 2.75) is 24.8 Å². The van der Waals surface area contributed by atoms with Crippen molar-refractivity contribution in [2.75, 3.05) is 6.54 Å². The van der Waals surface area contributed by atoms with E-state index in [9.17, 15) is 8.42 Å². The molecule has 1 aliphatic rings. The molecule has 2 aromatic rings. The number of fused-ring (bicyclic) bond motifs is 1. The second kappa shape index (κ2) is 4.71. The van der Waals surface area contributed by atoms with Crippen molar-refractivity contribution in [2.24, 2.45) is 7.05 Å². The van der Waals surface area contributed by atoms with E-state index in [0.29, 0.717) is 18.0 Å². The maximum Gasteiger partial charge on any atom is 0.243 e. The van der Waals surface area contributed by atoms with Crippen LogP contribution < -0.4 is 0 Å². The van der Waals surface area contributed by atoms with Crippen LogP contribution in [0.1, 0.15) is 17.0 Å². The lowest BCUT2D eigenvalue weighted by Gasteiger charge is -2.26. The normalized spacial score (nSPS) is 16.1. The predicted octanol–water partition coefficient (Wildman–Crippen LogP) is 1.48. The third kappa shape index (κ3) is 2.05. The Morgan fingerprint density at radius 2 is 1.90 bits per heavy atom. The molecule has 0 amide bonds. The summed E-state index contributed by atoms with van der Waals surface area (Å²) >= 11 is 0. The Morgan fingerprint density at radius 1 is 1.20 bits per heavy atom. The molecule has 5 nitrogen and oxygen atoms in total. The molecular weight excluding hydrogens is 274 g/mol. The van der Waals surface area contributed by atoms with Crippen molar-refractivity contribution >= 4 is 10.0 Å². The van der Waals surface area contributed by atoms with Gasteiger partial charge in [0.1, 0.15) is 0 Å². The number of aromatic nitrogens is 2. The van der Waals surface area contributed by atoms with E-state index in [1.807, 2.05) is 20.0 Å². The molecule has 106 valence electrons. The van der Waals surface area contributed by atoms with E-state index < -0.39 is 10.0 Å². The molecule has 1 aliphatic heterocycles. The first-order valence-corrected chi connectivity index (χ1v) is 8.00. The van der Waals surface area contributed by atoms with Crippen LogP contribution in [0.15, 0.2) is 35.2 Å². The zero-order valence-electron chi connectivity index (χ0n) is 11.6. The van der Waals surface area contributed by atoms with Gasteiger partial charge in [-0.2, -0.15) is 9.40 Å². The van der Waals surface area contributed by atoms with Crippen LogP contribution in [0, 0.1) is 6.92 Å². The highest BCUT2D eigenvalue weighted by molar-refractivity contribution is 7.89. The number of nitrogens with zero attached hydrogens (tertiary/aromatic N) is 3. The molecular formula is C14H17N3O2S. The zero-order chi connectivity index (χ0) is 14.3. The van der Waals surface area contributed by atoms with E-state index in [2.05, 4.69) is 5.10 Å². The van der Waals surface area contributed by atoms with Gasteiger partial charge < -0.3 is 0 Å². The number of rotatable bonds is 2. The fourth-order valence-corrected chi connectivity index (χ4v) is 4.13. The summed E-state index contributed by atoms with van der Waals surface area (Å²) in [4.78, 5) is 0.349. The second-order valence-corrected chi connectivity index (χ2v) is 6.97. The number of aryl methyl sites for hydroxylation is 2. The zero-order valence-corrected chi connectivity index (χ0v) is 12.4. The maximum absolute atomic E-state index is 12.6. The summed E-state index contributed by atoms with van der Waals surface area (Å²) in [7, 11) is -1.55. The molecule has 1 aromatic carbocycles. The minimum Gasteiger partial charge on any atom is -0.271 e. The van der Waals surface area contributed by atoms with Crippen molar-refractivity contribution in [3.05, 3.63) is 47.3 Å². The molecule has 0 N–H and O–H groups in total. The number of hydrogen-bond acceptors (Lipinski definition) is 3. The van der Waals surface area contributed by atoms with Gasteiger partial charge in [-0.15, -0.1) is 0 Å². The predicted molar refractivity (Wildman–Crippen MR) is 75.7 cm³/mol. The molecule has 0 unspecified atom stereocenters. The Kier molecular flexibility index (Phi) is 3.14. The summed E-state index contributed by atoms with van der Waals surface area (Å²) in [6.45, 7) is 2.88. The van der Waals surface area contributed by atoms with Gasteiger partial charge in [0.15, 0.2) is 0 Å². The molecule has 0 radical (unpaired) electrons. The average Bonchev–Trinajstić information content (AvgIpc) is 2.75. The lowest BCUT2D eigenvalue weighted by atomic mass is 10.1. The molecule has 20 heavy (non-hydrogen) atoms. The molecule has 3 rings (SSSR count). The van der Waals surface area contributed by atoms with Crippen molar-refractivity contribution in [1.82, 2.24) is 14.1 Å². The summed E-state index contributed by atoms with van der Waals surface area (Å²) < 4.78 is 28.5. The van der Waals surface area contributed by atoms with E-state index in [1.54, 1.807) is 28.9 Å². The third-order valence-electron chi connectivity index (χ3n) is 3.79. The average molecular weight is 291 g/mol. The van der Waals surface area contributed by atoms with Crippen molar-refractivity contribution in [3.63, 3.8) is 0 Å². The van der Waals surface area contributed by atoms with Gasteiger partial charge in [-0.05, 0) is 31.0 Å². The smallest absolute Gasteiger partial charge is 0.243 e. The van der Waals surface area contributed by atoms with Crippen molar-refractivity contribution in [3.8, 4) is 0 Å². The Bertz CT molecular complexity index is 735. The van der Waals surface area contributed by atoms with E-state index in [-0.39, 0.29) is 0 Å². The monoisotopic (exact) mass is 291 g/mol. The molecule has 0 aliphatic carbocycles. The molecule has 6 heteroatoms.